The molecule has 8 heteroatoms. The van der Waals surface area contributed by atoms with E-state index in [1.807, 2.05) is 78.0 Å². The van der Waals surface area contributed by atoms with E-state index in [1.165, 1.54) is 23.8 Å². The summed E-state index contributed by atoms with van der Waals surface area (Å²) >= 11 is 1.32. The number of rotatable bonds is 8. The molecule has 2 aromatic heterocycles. The van der Waals surface area contributed by atoms with Crippen LogP contribution in [0.2, 0.25) is 0 Å². The summed E-state index contributed by atoms with van der Waals surface area (Å²) in [5, 5.41) is 12.3. The van der Waals surface area contributed by atoms with E-state index in [2.05, 4.69) is 27.6 Å². The Morgan fingerprint density at radius 1 is 1.03 bits per heavy atom. The number of carbonyl (C=O) groups excluding carboxylic acids is 2. The maximum atomic E-state index is 12.9. The minimum absolute atomic E-state index is 0.0287. The van der Waals surface area contributed by atoms with Crippen molar-refractivity contribution in [2.75, 3.05) is 17.3 Å². The standard InChI is InChI=1S/C25H25N5O2S/c1-17-21(18(2)31)14-22(20-12-8-5-9-13-20)30(17)16-23(32)26-24-27-28-25(33-24)29(3)15-19-10-6-4-7-11-19/h4-14H,15-16H2,1-3H3,(H,26,27,32). The summed E-state index contributed by atoms with van der Waals surface area (Å²) in [6.45, 7) is 4.16. The van der Waals surface area contributed by atoms with E-state index >= 15 is 0 Å². The fraction of sp³-hybridized carbons (Fsp3) is 0.200. The normalized spacial score (nSPS) is 10.8. The van der Waals surface area contributed by atoms with Crippen molar-refractivity contribution in [2.24, 2.45) is 0 Å². The lowest BCUT2D eigenvalue weighted by Crippen LogP contribution is -2.20. The fourth-order valence-corrected chi connectivity index (χ4v) is 4.42. The third-order valence-electron chi connectivity index (χ3n) is 5.37. The van der Waals surface area contributed by atoms with Crippen LogP contribution in [0.1, 0.15) is 28.5 Å². The maximum absolute atomic E-state index is 12.9. The lowest BCUT2D eigenvalue weighted by Gasteiger charge is -2.14. The van der Waals surface area contributed by atoms with Gasteiger partial charge in [-0.25, -0.2) is 0 Å². The Morgan fingerprint density at radius 3 is 2.36 bits per heavy atom. The fourth-order valence-electron chi connectivity index (χ4n) is 3.70. The highest BCUT2D eigenvalue weighted by Gasteiger charge is 2.19. The Balaban J connectivity index is 1.49. The van der Waals surface area contributed by atoms with Gasteiger partial charge in [-0.2, -0.15) is 0 Å². The van der Waals surface area contributed by atoms with Crippen LogP contribution in [0.25, 0.3) is 11.3 Å². The van der Waals surface area contributed by atoms with Crippen LogP contribution in [-0.4, -0.2) is 33.5 Å². The Bertz CT molecular complexity index is 1260. The molecule has 0 unspecified atom stereocenters. The van der Waals surface area contributed by atoms with Gasteiger partial charge in [0.05, 0.1) is 0 Å². The van der Waals surface area contributed by atoms with Gasteiger partial charge in [0.25, 0.3) is 0 Å². The molecule has 4 rings (SSSR count). The largest absolute Gasteiger partial charge is 0.345 e. The van der Waals surface area contributed by atoms with Gasteiger partial charge in [0.15, 0.2) is 5.78 Å². The van der Waals surface area contributed by atoms with Gasteiger partial charge in [-0.15, -0.1) is 10.2 Å². The number of hydrogen-bond acceptors (Lipinski definition) is 6. The van der Waals surface area contributed by atoms with Gasteiger partial charge < -0.3 is 9.47 Å². The number of anilines is 2. The number of benzene rings is 2. The number of carbonyl (C=O) groups is 2. The molecule has 0 aliphatic heterocycles. The van der Waals surface area contributed by atoms with Crippen molar-refractivity contribution in [3.8, 4) is 11.3 Å². The van der Waals surface area contributed by atoms with E-state index in [-0.39, 0.29) is 18.2 Å². The summed E-state index contributed by atoms with van der Waals surface area (Å²) < 4.78 is 1.87. The van der Waals surface area contributed by atoms with Gasteiger partial charge in [0.1, 0.15) is 6.54 Å². The van der Waals surface area contributed by atoms with Crippen LogP contribution >= 0.6 is 11.3 Å². The van der Waals surface area contributed by atoms with E-state index in [4.69, 9.17) is 0 Å². The quantitative estimate of drug-likeness (QED) is 0.383. The van der Waals surface area contributed by atoms with Crippen LogP contribution in [0.4, 0.5) is 10.3 Å². The Hall–Kier alpha value is -3.78. The lowest BCUT2D eigenvalue weighted by atomic mass is 10.1. The Labute approximate surface area is 196 Å². The van der Waals surface area contributed by atoms with Gasteiger partial charge in [-0.1, -0.05) is 72.0 Å². The Morgan fingerprint density at radius 2 is 1.70 bits per heavy atom. The van der Waals surface area contributed by atoms with Crippen molar-refractivity contribution in [3.63, 3.8) is 0 Å². The second-order valence-corrected chi connectivity index (χ2v) is 8.77. The molecule has 168 valence electrons. The molecule has 1 N–H and O–H groups in total. The number of ketones is 1. The first kappa shape index (κ1) is 22.4. The van der Waals surface area contributed by atoms with Crippen molar-refractivity contribution in [1.82, 2.24) is 14.8 Å². The van der Waals surface area contributed by atoms with E-state index in [0.29, 0.717) is 17.2 Å². The highest BCUT2D eigenvalue weighted by molar-refractivity contribution is 7.19. The topological polar surface area (TPSA) is 80.1 Å². The first-order valence-electron chi connectivity index (χ1n) is 10.6. The Kier molecular flexibility index (Phi) is 6.65. The van der Waals surface area contributed by atoms with Gasteiger partial charge in [0, 0.05) is 30.5 Å². The second kappa shape index (κ2) is 9.79. The highest BCUT2D eigenvalue weighted by atomic mass is 32.1. The summed E-state index contributed by atoms with van der Waals surface area (Å²) in [6.07, 6.45) is 0. The number of nitrogens with zero attached hydrogens (tertiary/aromatic N) is 4. The predicted octanol–water partition coefficient (Wildman–Crippen LogP) is 4.79. The van der Waals surface area contributed by atoms with Crippen LogP contribution in [0.15, 0.2) is 66.7 Å². The van der Waals surface area contributed by atoms with Crippen LogP contribution in [0.5, 0.6) is 0 Å². The van der Waals surface area contributed by atoms with E-state index in [1.54, 1.807) is 0 Å². The summed E-state index contributed by atoms with van der Waals surface area (Å²) in [4.78, 5) is 27.0. The van der Waals surface area contributed by atoms with Crippen molar-refractivity contribution < 1.29 is 9.59 Å². The third kappa shape index (κ3) is 5.18. The molecule has 0 radical (unpaired) electrons. The zero-order valence-corrected chi connectivity index (χ0v) is 19.6. The molecule has 4 aromatic rings. The number of aromatic nitrogens is 3. The van der Waals surface area contributed by atoms with Gasteiger partial charge >= 0.3 is 0 Å². The van der Waals surface area contributed by atoms with Crippen LogP contribution in [0.3, 0.4) is 0 Å². The number of hydrogen-bond donors (Lipinski definition) is 1. The van der Waals surface area contributed by atoms with E-state index in [9.17, 15) is 9.59 Å². The van der Waals surface area contributed by atoms with E-state index < -0.39 is 0 Å². The van der Waals surface area contributed by atoms with Gasteiger partial charge in [0.2, 0.25) is 16.2 Å². The van der Waals surface area contributed by atoms with Crippen LogP contribution in [-0.2, 0) is 17.9 Å². The summed E-state index contributed by atoms with van der Waals surface area (Å²) in [5.74, 6) is -0.256. The molecule has 2 heterocycles. The lowest BCUT2D eigenvalue weighted by molar-refractivity contribution is -0.116. The monoisotopic (exact) mass is 459 g/mol. The second-order valence-electron chi connectivity index (χ2n) is 7.82. The van der Waals surface area contributed by atoms with Crippen LogP contribution in [0, 0.1) is 6.92 Å². The summed E-state index contributed by atoms with van der Waals surface area (Å²) in [5.41, 5.74) is 4.31. The van der Waals surface area contributed by atoms with Gasteiger partial charge in [-0.3, -0.25) is 14.9 Å². The highest BCUT2D eigenvalue weighted by Crippen LogP contribution is 2.27. The van der Waals surface area contributed by atoms with Crippen LogP contribution < -0.4 is 10.2 Å². The van der Waals surface area contributed by atoms with E-state index in [0.717, 1.165) is 22.1 Å². The molecule has 0 saturated carbocycles. The molecule has 0 saturated heterocycles. The van der Waals surface area contributed by atoms with Crippen molar-refractivity contribution >= 4 is 33.3 Å². The van der Waals surface area contributed by atoms with Gasteiger partial charge in [-0.05, 0) is 31.0 Å². The average Bonchev–Trinajstić information content (AvgIpc) is 3.40. The summed E-state index contributed by atoms with van der Waals surface area (Å²) in [7, 11) is 1.94. The molecule has 33 heavy (non-hydrogen) atoms. The molecule has 0 aliphatic rings. The zero-order valence-electron chi connectivity index (χ0n) is 18.8. The van der Waals surface area contributed by atoms with Crippen molar-refractivity contribution in [1.29, 1.82) is 0 Å². The molecule has 0 bridgehead atoms. The average molecular weight is 460 g/mol. The smallest absolute Gasteiger partial charge is 0.246 e. The minimum atomic E-state index is -0.227. The number of Topliss-reactive ketones (excluding diaryl/α,β-unsaturated/α-hetero) is 1. The number of amides is 1. The minimum Gasteiger partial charge on any atom is -0.345 e. The third-order valence-corrected chi connectivity index (χ3v) is 6.32. The maximum Gasteiger partial charge on any atom is 0.246 e. The SMILES string of the molecule is CC(=O)c1cc(-c2ccccc2)n(CC(=O)Nc2nnc(N(C)Cc3ccccc3)s2)c1C. The molecular formula is C25H25N5O2S. The number of nitrogens with one attached hydrogen (secondary N) is 1. The molecule has 0 spiro atoms. The summed E-state index contributed by atoms with van der Waals surface area (Å²) in [6, 6.07) is 21.7. The first-order valence-corrected chi connectivity index (χ1v) is 11.4. The molecule has 0 atom stereocenters. The molecule has 2 aromatic carbocycles. The molecular weight excluding hydrogens is 434 g/mol. The molecule has 1 amide bonds. The van der Waals surface area contributed by atoms with Crippen molar-refractivity contribution in [3.05, 3.63) is 83.6 Å². The van der Waals surface area contributed by atoms with Crippen molar-refractivity contribution in [2.45, 2.75) is 26.9 Å². The molecule has 0 aliphatic carbocycles. The first-order chi connectivity index (χ1) is 15.9. The predicted molar refractivity (Wildman–Crippen MR) is 132 cm³/mol. The molecule has 0 fully saturated rings. The zero-order chi connectivity index (χ0) is 23.4. The molecule has 7 nitrogen and oxygen atoms in total.